The lowest BCUT2D eigenvalue weighted by molar-refractivity contribution is 0.458. The Labute approximate surface area is 97.2 Å². The van der Waals surface area contributed by atoms with Gasteiger partial charge in [0.25, 0.3) is 0 Å². The normalized spacial score (nSPS) is 11.8. The van der Waals surface area contributed by atoms with Crippen molar-refractivity contribution in [2.45, 2.75) is 4.90 Å². The highest BCUT2D eigenvalue weighted by Gasteiger charge is 2.13. The second-order valence-electron chi connectivity index (χ2n) is 3.57. The second kappa shape index (κ2) is 3.51. The fourth-order valence-electron chi connectivity index (χ4n) is 1.63. The molecule has 6 nitrogen and oxygen atoms in total. The lowest BCUT2D eigenvalue weighted by atomic mass is 10.1. The average Bonchev–Trinajstić information content (AvgIpc) is 2.21. The van der Waals surface area contributed by atoms with Crippen molar-refractivity contribution in [1.29, 1.82) is 0 Å². The number of fused-ring (bicyclic) bond motifs is 1. The Morgan fingerprint density at radius 2 is 1.76 bits per heavy atom. The van der Waals surface area contributed by atoms with Gasteiger partial charge in [0, 0.05) is 22.5 Å². The van der Waals surface area contributed by atoms with E-state index < -0.39 is 20.8 Å². The van der Waals surface area contributed by atoms with Gasteiger partial charge in [-0.15, -0.1) is 0 Å². The molecule has 90 valence electrons. The van der Waals surface area contributed by atoms with Gasteiger partial charge in [-0.1, -0.05) is 6.07 Å². The van der Waals surface area contributed by atoms with Crippen molar-refractivity contribution in [1.82, 2.24) is 0 Å². The third kappa shape index (κ3) is 1.85. The van der Waals surface area contributed by atoms with Crippen LogP contribution in [0, 0.1) is 0 Å². The van der Waals surface area contributed by atoms with Crippen LogP contribution in [-0.4, -0.2) is 18.1 Å². The molecule has 0 fully saturated rings. The van der Waals surface area contributed by atoms with Crippen LogP contribution >= 0.6 is 0 Å². The van der Waals surface area contributed by atoms with Gasteiger partial charge in [-0.25, -0.2) is 8.42 Å². The maximum Gasteiger partial charge on any atom is 0.140 e. The molecule has 2 aromatic carbocycles. The lowest BCUT2D eigenvalue weighted by Crippen LogP contribution is -2.02. The van der Waals surface area contributed by atoms with Crippen molar-refractivity contribution >= 4 is 32.3 Å². The van der Waals surface area contributed by atoms with Gasteiger partial charge in [0.05, 0.1) is 10.6 Å². The molecule has 0 spiro atoms. The highest BCUT2D eigenvalue weighted by atomic mass is 32.2. The summed E-state index contributed by atoms with van der Waals surface area (Å²) in [5, 5.41) is 9.85. The molecule has 0 aliphatic carbocycles. The van der Waals surface area contributed by atoms with Crippen LogP contribution in [0.15, 0.2) is 29.2 Å². The number of nitrogen functional groups attached to an aromatic ring is 2. The van der Waals surface area contributed by atoms with Crippen LogP contribution in [0.5, 0.6) is 5.75 Å². The van der Waals surface area contributed by atoms with Gasteiger partial charge in [-0.05, 0) is 12.1 Å². The molecule has 0 aliphatic heterocycles. The van der Waals surface area contributed by atoms with E-state index in [0.717, 1.165) is 6.07 Å². The van der Waals surface area contributed by atoms with Crippen LogP contribution in [0.4, 0.5) is 11.4 Å². The molecule has 0 radical (unpaired) electrons. The van der Waals surface area contributed by atoms with E-state index in [1.165, 1.54) is 18.2 Å². The lowest BCUT2D eigenvalue weighted by Gasteiger charge is -2.13. The number of phenolic OH excluding ortho intramolecular Hbond substituents is 1. The standard InChI is InChI=1S/C10H10N2O4S/c11-5-1-2-6-7(3-5)9(17(14,15)16)4-8(13)10(6)12/h1-4,13H,11-12H2,(H,14,15,16)/p-1. The maximum absolute atomic E-state index is 11.1. The summed E-state index contributed by atoms with van der Waals surface area (Å²) in [6, 6.07) is 5.11. The number of nitrogens with two attached hydrogens (primary N) is 2. The van der Waals surface area contributed by atoms with E-state index in [4.69, 9.17) is 11.5 Å². The smallest absolute Gasteiger partial charge is 0.140 e. The van der Waals surface area contributed by atoms with Gasteiger partial charge in [0.15, 0.2) is 0 Å². The molecule has 0 aromatic heterocycles. The third-order valence-corrected chi connectivity index (χ3v) is 3.29. The number of benzene rings is 2. The van der Waals surface area contributed by atoms with Gasteiger partial charge >= 0.3 is 0 Å². The van der Waals surface area contributed by atoms with Crippen LogP contribution in [0.1, 0.15) is 0 Å². The Morgan fingerprint density at radius 1 is 1.12 bits per heavy atom. The van der Waals surface area contributed by atoms with E-state index in [0.29, 0.717) is 5.69 Å². The molecule has 2 rings (SSSR count). The summed E-state index contributed by atoms with van der Waals surface area (Å²) in [6.45, 7) is 0. The maximum atomic E-state index is 11.1. The summed E-state index contributed by atoms with van der Waals surface area (Å²) in [4.78, 5) is -0.536. The number of aromatic hydroxyl groups is 1. The monoisotopic (exact) mass is 253 g/mol. The van der Waals surface area contributed by atoms with E-state index in [1.807, 2.05) is 0 Å². The Kier molecular flexibility index (Phi) is 2.37. The molecule has 0 atom stereocenters. The molecule has 0 amide bonds. The van der Waals surface area contributed by atoms with Gasteiger partial charge < -0.3 is 21.1 Å². The van der Waals surface area contributed by atoms with Gasteiger partial charge in [-0.2, -0.15) is 0 Å². The number of phenols is 1. The quantitative estimate of drug-likeness (QED) is 0.388. The van der Waals surface area contributed by atoms with Gasteiger partial charge in [0.2, 0.25) is 0 Å². The van der Waals surface area contributed by atoms with Crippen molar-refractivity contribution in [2.24, 2.45) is 0 Å². The molecule has 0 unspecified atom stereocenters. The Balaban J connectivity index is 3.04. The van der Waals surface area contributed by atoms with Gasteiger partial charge in [-0.3, -0.25) is 0 Å². The van der Waals surface area contributed by atoms with Crippen LogP contribution in [0.25, 0.3) is 10.8 Å². The van der Waals surface area contributed by atoms with E-state index in [1.54, 1.807) is 0 Å². The SMILES string of the molecule is Nc1ccc2c(N)c(O)cc(S(=O)(=O)[O-])c2c1. The summed E-state index contributed by atoms with van der Waals surface area (Å²) in [5.41, 5.74) is 11.4. The Morgan fingerprint density at radius 3 is 2.35 bits per heavy atom. The topological polar surface area (TPSA) is 129 Å². The fourth-order valence-corrected chi connectivity index (χ4v) is 2.32. The number of rotatable bonds is 1. The summed E-state index contributed by atoms with van der Waals surface area (Å²) in [5.74, 6) is -0.448. The molecule has 2 aromatic rings. The molecule has 5 N–H and O–H groups in total. The minimum atomic E-state index is -4.71. The zero-order valence-corrected chi connectivity index (χ0v) is 9.36. The predicted molar refractivity (Wildman–Crippen MR) is 62.4 cm³/mol. The molecule has 0 aliphatic rings. The first-order chi connectivity index (χ1) is 7.80. The van der Waals surface area contributed by atoms with E-state index in [9.17, 15) is 18.1 Å². The third-order valence-electron chi connectivity index (χ3n) is 2.41. The number of anilines is 2. The number of hydrogen-bond acceptors (Lipinski definition) is 6. The molecule has 0 heterocycles. The van der Waals surface area contributed by atoms with Crippen LogP contribution in [-0.2, 0) is 10.1 Å². The highest BCUT2D eigenvalue weighted by Crippen LogP contribution is 2.35. The van der Waals surface area contributed by atoms with Crippen molar-refractivity contribution in [3.8, 4) is 5.75 Å². The summed E-state index contributed by atoms with van der Waals surface area (Å²) in [7, 11) is -4.71. The minimum absolute atomic E-state index is 0.00685. The van der Waals surface area contributed by atoms with Crippen molar-refractivity contribution in [2.75, 3.05) is 11.5 Å². The Bertz CT molecular complexity index is 710. The summed E-state index contributed by atoms with van der Waals surface area (Å²) >= 11 is 0. The molecule has 0 saturated carbocycles. The van der Waals surface area contributed by atoms with E-state index >= 15 is 0 Å². The number of hydrogen-bond donors (Lipinski definition) is 3. The summed E-state index contributed by atoms with van der Waals surface area (Å²) in [6.07, 6.45) is 0. The zero-order chi connectivity index (χ0) is 12.8. The van der Waals surface area contributed by atoms with Crippen LogP contribution < -0.4 is 11.5 Å². The van der Waals surface area contributed by atoms with Crippen molar-refractivity contribution in [3.05, 3.63) is 24.3 Å². The van der Waals surface area contributed by atoms with Crippen molar-refractivity contribution < 1.29 is 18.1 Å². The largest absolute Gasteiger partial charge is 0.744 e. The van der Waals surface area contributed by atoms with E-state index in [-0.39, 0.29) is 16.5 Å². The molecule has 0 bridgehead atoms. The first kappa shape index (κ1) is 11.5. The first-order valence-electron chi connectivity index (χ1n) is 4.57. The van der Waals surface area contributed by atoms with E-state index in [2.05, 4.69) is 0 Å². The second-order valence-corrected chi connectivity index (χ2v) is 4.91. The van der Waals surface area contributed by atoms with Gasteiger partial charge in [0.1, 0.15) is 15.9 Å². The zero-order valence-electron chi connectivity index (χ0n) is 8.54. The predicted octanol–water partition coefficient (Wildman–Crippen LogP) is 0.614. The molecule has 7 heteroatoms. The molecular formula is C10H9N2O4S-. The minimum Gasteiger partial charge on any atom is -0.744 e. The highest BCUT2D eigenvalue weighted by molar-refractivity contribution is 7.86. The first-order valence-corrected chi connectivity index (χ1v) is 5.98. The van der Waals surface area contributed by atoms with Crippen molar-refractivity contribution in [3.63, 3.8) is 0 Å². The summed E-state index contributed by atoms with van der Waals surface area (Å²) < 4.78 is 33.2. The average molecular weight is 253 g/mol. The van der Waals surface area contributed by atoms with Crippen LogP contribution in [0.3, 0.4) is 0 Å². The molecular weight excluding hydrogens is 244 g/mol. The van der Waals surface area contributed by atoms with Crippen LogP contribution in [0.2, 0.25) is 0 Å². The fraction of sp³-hybridized carbons (Fsp3) is 0. The Hall–Kier alpha value is -1.99. The molecule has 0 saturated heterocycles. The molecule has 17 heavy (non-hydrogen) atoms.